The molecule has 3 heteroatoms. The van der Waals surface area contributed by atoms with E-state index in [-0.39, 0.29) is 5.56 Å². The number of aryl methyl sites for hydroxylation is 1. The van der Waals surface area contributed by atoms with E-state index in [1.807, 2.05) is 12.3 Å². The molecule has 0 aliphatic heterocycles. The molecule has 1 aromatic heterocycles. The Morgan fingerprint density at radius 1 is 1.24 bits per heavy atom. The molecule has 1 aliphatic carbocycles. The van der Waals surface area contributed by atoms with E-state index >= 15 is 0 Å². The zero-order valence-electron chi connectivity index (χ0n) is 12.5. The molecule has 2 aromatic rings. The first-order valence-electron chi connectivity index (χ1n) is 7.79. The van der Waals surface area contributed by atoms with Gasteiger partial charge in [-0.3, -0.25) is 4.79 Å². The molecule has 1 fully saturated rings. The van der Waals surface area contributed by atoms with Crippen LogP contribution in [0.1, 0.15) is 43.2 Å². The SMILES string of the molecule is CCCn1cc(NCc2cccc(C3CC3)c2)ccc1=O. The zero-order chi connectivity index (χ0) is 14.7. The van der Waals surface area contributed by atoms with E-state index in [2.05, 4.69) is 36.5 Å². The maximum Gasteiger partial charge on any atom is 0.250 e. The monoisotopic (exact) mass is 282 g/mol. The van der Waals surface area contributed by atoms with Gasteiger partial charge >= 0.3 is 0 Å². The summed E-state index contributed by atoms with van der Waals surface area (Å²) >= 11 is 0. The second kappa shape index (κ2) is 6.17. The van der Waals surface area contributed by atoms with Crippen LogP contribution in [0, 0.1) is 0 Å². The zero-order valence-corrected chi connectivity index (χ0v) is 12.5. The van der Waals surface area contributed by atoms with Crippen molar-refractivity contribution in [2.24, 2.45) is 0 Å². The van der Waals surface area contributed by atoms with Crippen molar-refractivity contribution < 1.29 is 0 Å². The van der Waals surface area contributed by atoms with Gasteiger partial charge in [-0.1, -0.05) is 31.2 Å². The lowest BCUT2D eigenvalue weighted by Crippen LogP contribution is -2.18. The Hall–Kier alpha value is -2.03. The van der Waals surface area contributed by atoms with Crippen LogP contribution in [0.4, 0.5) is 5.69 Å². The second-order valence-electron chi connectivity index (χ2n) is 5.82. The highest BCUT2D eigenvalue weighted by Crippen LogP contribution is 2.40. The van der Waals surface area contributed by atoms with Crippen molar-refractivity contribution in [3.8, 4) is 0 Å². The summed E-state index contributed by atoms with van der Waals surface area (Å²) in [6, 6.07) is 12.3. The number of hydrogen-bond acceptors (Lipinski definition) is 2. The molecule has 3 nitrogen and oxygen atoms in total. The van der Waals surface area contributed by atoms with E-state index < -0.39 is 0 Å². The first-order valence-corrected chi connectivity index (χ1v) is 7.79. The lowest BCUT2D eigenvalue weighted by atomic mass is 10.1. The molecule has 1 aromatic carbocycles. The van der Waals surface area contributed by atoms with Gasteiger partial charge in [0.15, 0.2) is 0 Å². The predicted octanol–water partition coefficient (Wildman–Crippen LogP) is 3.75. The maximum absolute atomic E-state index is 11.7. The molecule has 1 saturated carbocycles. The molecule has 0 atom stereocenters. The smallest absolute Gasteiger partial charge is 0.250 e. The molecule has 1 aliphatic rings. The summed E-state index contributed by atoms with van der Waals surface area (Å²) in [7, 11) is 0. The summed E-state index contributed by atoms with van der Waals surface area (Å²) < 4.78 is 1.77. The topological polar surface area (TPSA) is 34.0 Å². The fourth-order valence-corrected chi connectivity index (χ4v) is 2.63. The van der Waals surface area contributed by atoms with Crippen molar-refractivity contribution in [1.82, 2.24) is 4.57 Å². The van der Waals surface area contributed by atoms with Gasteiger partial charge in [0.1, 0.15) is 0 Å². The molecule has 0 spiro atoms. The summed E-state index contributed by atoms with van der Waals surface area (Å²) in [5.74, 6) is 0.788. The maximum atomic E-state index is 11.7. The van der Waals surface area contributed by atoms with Crippen LogP contribution in [0.2, 0.25) is 0 Å². The van der Waals surface area contributed by atoms with Crippen molar-refractivity contribution >= 4 is 5.69 Å². The Balaban J connectivity index is 1.68. The van der Waals surface area contributed by atoms with Gasteiger partial charge in [0.25, 0.3) is 5.56 Å². The Bertz CT molecular complexity index is 671. The minimum Gasteiger partial charge on any atom is -0.380 e. The minimum absolute atomic E-state index is 0.0677. The number of benzene rings is 1. The summed E-state index contributed by atoms with van der Waals surface area (Å²) in [5, 5.41) is 3.41. The van der Waals surface area contributed by atoms with Crippen LogP contribution in [-0.4, -0.2) is 4.57 Å². The van der Waals surface area contributed by atoms with Gasteiger partial charge in [-0.15, -0.1) is 0 Å². The molecule has 0 saturated heterocycles. The molecule has 21 heavy (non-hydrogen) atoms. The van der Waals surface area contributed by atoms with E-state index in [1.165, 1.54) is 24.0 Å². The van der Waals surface area contributed by atoms with Gasteiger partial charge in [0, 0.05) is 25.4 Å². The highest BCUT2D eigenvalue weighted by atomic mass is 16.1. The summed E-state index contributed by atoms with van der Waals surface area (Å²) in [6.07, 6.45) is 5.54. The Labute approximate surface area is 125 Å². The second-order valence-corrected chi connectivity index (χ2v) is 5.82. The van der Waals surface area contributed by atoms with Crippen LogP contribution in [0.3, 0.4) is 0 Å². The van der Waals surface area contributed by atoms with E-state index in [0.29, 0.717) is 0 Å². The summed E-state index contributed by atoms with van der Waals surface area (Å²) in [6.45, 7) is 3.65. The van der Waals surface area contributed by atoms with Crippen molar-refractivity contribution in [1.29, 1.82) is 0 Å². The Morgan fingerprint density at radius 3 is 2.86 bits per heavy atom. The summed E-state index contributed by atoms with van der Waals surface area (Å²) in [4.78, 5) is 11.7. The first-order chi connectivity index (χ1) is 10.3. The van der Waals surface area contributed by atoms with E-state index in [4.69, 9.17) is 0 Å². The quantitative estimate of drug-likeness (QED) is 0.875. The average Bonchev–Trinajstić information content (AvgIpc) is 3.33. The van der Waals surface area contributed by atoms with Gasteiger partial charge in [-0.05, 0) is 42.4 Å². The van der Waals surface area contributed by atoms with Gasteiger partial charge < -0.3 is 9.88 Å². The van der Waals surface area contributed by atoms with E-state index in [1.54, 1.807) is 10.6 Å². The molecular formula is C18H22N2O. The molecule has 1 heterocycles. The molecule has 0 bridgehead atoms. The van der Waals surface area contributed by atoms with E-state index in [9.17, 15) is 4.79 Å². The lowest BCUT2D eigenvalue weighted by Gasteiger charge is -2.10. The van der Waals surface area contributed by atoms with Gasteiger partial charge in [-0.25, -0.2) is 0 Å². The number of hydrogen-bond donors (Lipinski definition) is 1. The standard InChI is InChI=1S/C18H22N2O/c1-2-10-20-13-17(8-9-18(20)21)19-12-14-4-3-5-16(11-14)15-6-7-15/h3-5,8-9,11,13,15,19H,2,6-7,10,12H2,1H3. The third kappa shape index (κ3) is 3.54. The number of rotatable bonds is 6. The van der Waals surface area contributed by atoms with Gasteiger partial charge in [0.2, 0.25) is 0 Å². The fraction of sp³-hybridized carbons (Fsp3) is 0.389. The van der Waals surface area contributed by atoms with Crippen LogP contribution in [0.15, 0.2) is 47.4 Å². The number of anilines is 1. The lowest BCUT2D eigenvalue weighted by molar-refractivity contribution is 0.655. The fourth-order valence-electron chi connectivity index (χ4n) is 2.63. The third-order valence-corrected chi connectivity index (χ3v) is 3.94. The molecule has 0 amide bonds. The highest BCUT2D eigenvalue weighted by molar-refractivity contribution is 5.41. The number of pyridine rings is 1. The van der Waals surface area contributed by atoms with Crippen LogP contribution < -0.4 is 10.9 Å². The predicted molar refractivity (Wildman–Crippen MR) is 86.7 cm³/mol. The van der Waals surface area contributed by atoms with Gasteiger partial charge in [-0.2, -0.15) is 0 Å². The Morgan fingerprint density at radius 2 is 2.10 bits per heavy atom. The number of nitrogens with zero attached hydrogens (tertiary/aromatic N) is 1. The van der Waals surface area contributed by atoms with Crippen LogP contribution in [0.25, 0.3) is 0 Å². The van der Waals surface area contributed by atoms with Gasteiger partial charge in [0.05, 0.1) is 5.69 Å². The molecule has 1 N–H and O–H groups in total. The highest BCUT2D eigenvalue weighted by Gasteiger charge is 2.23. The van der Waals surface area contributed by atoms with Crippen molar-refractivity contribution in [2.45, 2.75) is 45.2 Å². The third-order valence-electron chi connectivity index (χ3n) is 3.94. The summed E-state index contributed by atoms with van der Waals surface area (Å²) in [5.41, 5.74) is 3.83. The normalized spacial score (nSPS) is 14.1. The Kier molecular flexibility index (Phi) is 4.09. The molecule has 0 radical (unpaired) electrons. The van der Waals surface area contributed by atoms with Crippen LogP contribution in [-0.2, 0) is 13.1 Å². The molecule has 0 unspecified atom stereocenters. The minimum atomic E-state index is 0.0677. The number of nitrogens with one attached hydrogen (secondary N) is 1. The van der Waals surface area contributed by atoms with Crippen LogP contribution >= 0.6 is 0 Å². The van der Waals surface area contributed by atoms with Crippen LogP contribution in [0.5, 0.6) is 0 Å². The molecule has 3 rings (SSSR count). The average molecular weight is 282 g/mol. The largest absolute Gasteiger partial charge is 0.380 e. The molecular weight excluding hydrogens is 260 g/mol. The number of aromatic nitrogens is 1. The first kappa shape index (κ1) is 13.9. The molecule has 110 valence electrons. The van der Waals surface area contributed by atoms with Crippen molar-refractivity contribution in [3.63, 3.8) is 0 Å². The van der Waals surface area contributed by atoms with Crippen molar-refractivity contribution in [3.05, 3.63) is 64.1 Å². The van der Waals surface area contributed by atoms with Crippen molar-refractivity contribution in [2.75, 3.05) is 5.32 Å². The van der Waals surface area contributed by atoms with E-state index in [0.717, 1.165) is 31.1 Å².